The standard InChI is InChI=1S/C12H15BrClN3O2/c1-6(2)9(11(15)17-19)12(18)16-8-5-3-4-7(14)10(8)13/h3-6,9,19H,1-2H3,(H2,15,17)(H,16,18). The van der Waals surface area contributed by atoms with Gasteiger partial charge in [0, 0.05) is 0 Å². The van der Waals surface area contributed by atoms with E-state index >= 15 is 0 Å². The third kappa shape index (κ3) is 3.84. The van der Waals surface area contributed by atoms with Crippen LogP contribution in [0.2, 0.25) is 5.02 Å². The Morgan fingerprint density at radius 3 is 2.68 bits per heavy atom. The average Bonchev–Trinajstić information content (AvgIpc) is 2.34. The zero-order valence-corrected chi connectivity index (χ0v) is 12.9. The molecule has 0 fully saturated rings. The summed E-state index contributed by atoms with van der Waals surface area (Å²) in [5.74, 6) is -1.29. The number of hydrogen-bond acceptors (Lipinski definition) is 3. The zero-order chi connectivity index (χ0) is 14.6. The van der Waals surface area contributed by atoms with Gasteiger partial charge in [0.05, 0.1) is 15.2 Å². The van der Waals surface area contributed by atoms with Crippen molar-refractivity contribution in [3.63, 3.8) is 0 Å². The van der Waals surface area contributed by atoms with Crippen LogP contribution in [-0.4, -0.2) is 17.0 Å². The van der Waals surface area contributed by atoms with Gasteiger partial charge in [-0.2, -0.15) is 0 Å². The van der Waals surface area contributed by atoms with Crippen molar-refractivity contribution in [2.45, 2.75) is 13.8 Å². The lowest BCUT2D eigenvalue weighted by molar-refractivity contribution is -0.119. The highest BCUT2D eigenvalue weighted by Crippen LogP contribution is 2.30. The van der Waals surface area contributed by atoms with Crippen LogP contribution in [0.4, 0.5) is 5.69 Å². The van der Waals surface area contributed by atoms with Gasteiger partial charge in [0.25, 0.3) is 0 Å². The number of nitrogens with zero attached hydrogens (tertiary/aromatic N) is 1. The summed E-state index contributed by atoms with van der Waals surface area (Å²) in [5, 5.41) is 14.8. The number of nitrogens with two attached hydrogens (primary N) is 1. The average molecular weight is 349 g/mol. The van der Waals surface area contributed by atoms with Crippen LogP contribution in [0.3, 0.4) is 0 Å². The number of oxime groups is 1. The van der Waals surface area contributed by atoms with Crippen LogP contribution in [-0.2, 0) is 4.79 Å². The number of anilines is 1. The van der Waals surface area contributed by atoms with Crippen LogP contribution in [0.25, 0.3) is 0 Å². The fraction of sp³-hybridized carbons (Fsp3) is 0.333. The maximum absolute atomic E-state index is 12.2. The number of halogens is 2. The molecule has 1 unspecified atom stereocenters. The van der Waals surface area contributed by atoms with E-state index in [9.17, 15) is 4.79 Å². The summed E-state index contributed by atoms with van der Waals surface area (Å²) in [6.45, 7) is 3.63. The maximum atomic E-state index is 12.2. The Balaban J connectivity index is 2.97. The summed E-state index contributed by atoms with van der Waals surface area (Å²) in [6, 6.07) is 5.12. The minimum Gasteiger partial charge on any atom is -0.409 e. The lowest BCUT2D eigenvalue weighted by Gasteiger charge is -2.19. The first-order valence-corrected chi connectivity index (χ1v) is 6.77. The maximum Gasteiger partial charge on any atom is 0.235 e. The molecular weight excluding hydrogens is 334 g/mol. The van der Waals surface area contributed by atoms with Crippen molar-refractivity contribution in [1.82, 2.24) is 0 Å². The fourth-order valence-corrected chi connectivity index (χ4v) is 2.19. The Bertz CT molecular complexity index is 506. The van der Waals surface area contributed by atoms with Gasteiger partial charge in [-0.25, -0.2) is 0 Å². The number of nitrogens with one attached hydrogen (secondary N) is 1. The summed E-state index contributed by atoms with van der Waals surface area (Å²) >= 11 is 9.23. The molecule has 1 aromatic carbocycles. The van der Waals surface area contributed by atoms with Gasteiger partial charge in [0.15, 0.2) is 5.84 Å². The first kappa shape index (κ1) is 15.8. The van der Waals surface area contributed by atoms with Crippen LogP contribution in [0.1, 0.15) is 13.8 Å². The van der Waals surface area contributed by atoms with Gasteiger partial charge >= 0.3 is 0 Å². The largest absolute Gasteiger partial charge is 0.409 e. The van der Waals surface area contributed by atoms with Crippen molar-refractivity contribution in [2.24, 2.45) is 22.7 Å². The summed E-state index contributed by atoms with van der Waals surface area (Å²) in [5.41, 5.74) is 6.08. The third-order valence-electron chi connectivity index (χ3n) is 2.59. The number of hydrogen-bond donors (Lipinski definition) is 3. The van der Waals surface area contributed by atoms with E-state index in [1.165, 1.54) is 0 Å². The van der Waals surface area contributed by atoms with Gasteiger partial charge in [-0.15, -0.1) is 0 Å². The monoisotopic (exact) mass is 347 g/mol. The number of carbonyl (C=O) groups is 1. The molecule has 7 heteroatoms. The summed E-state index contributed by atoms with van der Waals surface area (Å²) in [4.78, 5) is 12.2. The molecule has 1 rings (SSSR count). The Kier molecular flexibility index (Phi) is 5.62. The normalized spacial score (nSPS) is 13.4. The van der Waals surface area contributed by atoms with Gasteiger partial charge in [-0.1, -0.05) is 36.7 Å². The summed E-state index contributed by atoms with van der Waals surface area (Å²) < 4.78 is 0.590. The highest BCUT2D eigenvalue weighted by atomic mass is 79.9. The van der Waals surface area contributed by atoms with Crippen LogP contribution < -0.4 is 11.1 Å². The molecule has 5 nitrogen and oxygen atoms in total. The number of amides is 1. The predicted molar refractivity (Wildman–Crippen MR) is 79.5 cm³/mol. The second-order valence-electron chi connectivity index (χ2n) is 4.34. The molecule has 19 heavy (non-hydrogen) atoms. The van der Waals surface area contributed by atoms with Crippen molar-refractivity contribution >= 4 is 45.0 Å². The quantitative estimate of drug-likeness (QED) is 0.338. The van der Waals surface area contributed by atoms with Crippen molar-refractivity contribution in [3.8, 4) is 0 Å². The molecule has 1 aromatic rings. The first-order valence-electron chi connectivity index (χ1n) is 5.60. The molecule has 0 spiro atoms. The molecule has 0 aromatic heterocycles. The van der Waals surface area contributed by atoms with Crippen molar-refractivity contribution in [1.29, 1.82) is 0 Å². The zero-order valence-electron chi connectivity index (χ0n) is 10.5. The Morgan fingerprint density at radius 2 is 2.16 bits per heavy atom. The van der Waals surface area contributed by atoms with E-state index < -0.39 is 5.92 Å². The van der Waals surface area contributed by atoms with E-state index in [1.54, 1.807) is 18.2 Å². The minimum absolute atomic E-state index is 0.103. The van der Waals surface area contributed by atoms with Crippen molar-refractivity contribution < 1.29 is 10.0 Å². The van der Waals surface area contributed by atoms with Crippen molar-refractivity contribution in [2.75, 3.05) is 5.32 Å². The van der Waals surface area contributed by atoms with Gasteiger partial charge < -0.3 is 16.3 Å². The van der Waals surface area contributed by atoms with E-state index in [1.807, 2.05) is 13.8 Å². The van der Waals surface area contributed by atoms with E-state index in [2.05, 4.69) is 26.4 Å². The second kappa shape index (κ2) is 6.77. The Hall–Kier alpha value is -1.27. The Morgan fingerprint density at radius 1 is 1.53 bits per heavy atom. The number of benzene rings is 1. The molecule has 0 aliphatic heterocycles. The highest BCUT2D eigenvalue weighted by Gasteiger charge is 2.27. The Labute approximate surface area is 124 Å². The molecular formula is C12H15BrClN3O2. The van der Waals surface area contributed by atoms with Crippen LogP contribution >= 0.6 is 27.5 Å². The van der Waals surface area contributed by atoms with E-state index in [-0.39, 0.29) is 17.7 Å². The fourth-order valence-electron chi connectivity index (χ4n) is 1.65. The van der Waals surface area contributed by atoms with Crippen LogP contribution in [0.5, 0.6) is 0 Å². The highest BCUT2D eigenvalue weighted by molar-refractivity contribution is 9.10. The summed E-state index contributed by atoms with van der Waals surface area (Å²) in [7, 11) is 0. The van der Waals surface area contributed by atoms with E-state index in [0.717, 1.165) is 0 Å². The van der Waals surface area contributed by atoms with Crippen LogP contribution in [0, 0.1) is 11.8 Å². The molecule has 0 bridgehead atoms. The van der Waals surface area contributed by atoms with Gasteiger partial charge in [0.2, 0.25) is 5.91 Å². The molecule has 104 valence electrons. The molecule has 0 heterocycles. The first-order chi connectivity index (χ1) is 8.88. The smallest absolute Gasteiger partial charge is 0.235 e. The molecule has 0 saturated heterocycles. The van der Waals surface area contributed by atoms with Gasteiger partial charge in [-0.05, 0) is 34.0 Å². The second-order valence-corrected chi connectivity index (χ2v) is 5.54. The molecule has 0 radical (unpaired) electrons. The number of rotatable bonds is 4. The van der Waals surface area contributed by atoms with Gasteiger partial charge in [-0.3, -0.25) is 4.79 Å². The number of carbonyl (C=O) groups excluding carboxylic acids is 1. The minimum atomic E-state index is -0.712. The third-order valence-corrected chi connectivity index (χ3v) is 3.99. The van der Waals surface area contributed by atoms with Gasteiger partial charge in [0.1, 0.15) is 5.92 Å². The SMILES string of the molecule is CC(C)C(C(=O)Nc1cccc(Cl)c1Br)/C(N)=N/O. The predicted octanol–water partition coefficient (Wildman–Crippen LogP) is 3.06. The summed E-state index contributed by atoms with van der Waals surface area (Å²) in [6.07, 6.45) is 0. The number of amidine groups is 1. The topological polar surface area (TPSA) is 87.7 Å². The lowest BCUT2D eigenvalue weighted by atomic mass is 9.94. The molecule has 0 aliphatic carbocycles. The van der Waals surface area contributed by atoms with Crippen molar-refractivity contribution in [3.05, 3.63) is 27.7 Å². The molecule has 0 aliphatic rings. The van der Waals surface area contributed by atoms with Crippen LogP contribution in [0.15, 0.2) is 27.8 Å². The lowest BCUT2D eigenvalue weighted by Crippen LogP contribution is -2.38. The molecule has 4 N–H and O–H groups in total. The van der Waals surface area contributed by atoms with E-state index in [4.69, 9.17) is 22.5 Å². The molecule has 1 atom stereocenters. The molecule has 1 amide bonds. The van der Waals surface area contributed by atoms with E-state index in [0.29, 0.717) is 15.2 Å². The molecule has 0 saturated carbocycles.